The predicted octanol–water partition coefficient (Wildman–Crippen LogP) is 2.60. The number of nitrogens with zero attached hydrogens (tertiary/aromatic N) is 1. The zero-order valence-electron chi connectivity index (χ0n) is 11.3. The van der Waals surface area contributed by atoms with Gasteiger partial charge in [-0.15, -0.1) is 0 Å². The van der Waals surface area contributed by atoms with Gasteiger partial charge in [-0.05, 0) is 38.4 Å². The molecule has 1 aliphatic rings. The quantitative estimate of drug-likeness (QED) is 0.811. The normalized spacial score (nSPS) is 21.5. The van der Waals surface area contributed by atoms with Gasteiger partial charge in [0.05, 0.1) is 6.10 Å². The Labute approximate surface area is 110 Å². The molecule has 1 aliphatic heterocycles. The van der Waals surface area contributed by atoms with Crippen LogP contribution in [0.2, 0.25) is 0 Å². The number of anilines is 1. The molecule has 100 valence electrons. The molecule has 0 bridgehead atoms. The second-order valence-electron chi connectivity index (χ2n) is 4.98. The van der Waals surface area contributed by atoms with E-state index in [1.54, 1.807) is 0 Å². The smallest absolute Gasteiger partial charge is 0.0673 e. The van der Waals surface area contributed by atoms with Crippen molar-refractivity contribution in [3.63, 3.8) is 0 Å². The first-order chi connectivity index (χ1) is 8.84. The van der Waals surface area contributed by atoms with Gasteiger partial charge in [-0.25, -0.2) is 0 Å². The largest absolute Gasteiger partial charge is 0.385 e. The van der Waals surface area contributed by atoms with Gasteiger partial charge in [-0.1, -0.05) is 18.2 Å². The van der Waals surface area contributed by atoms with Gasteiger partial charge in [0, 0.05) is 31.9 Å². The Hall–Kier alpha value is -1.06. The van der Waals surface area contributed by atoms with E-state index >= 15 is 0 Å². The molecule has 1 fully saturated rings. The molecule has 3 nitrogen and oxygen atoms in total. The highest BCUT2D eigenvalue weighted by Gasteiger charge is 2.13. The van der Waals surface area contributed by atoms with Gasteiger partial charge in [0.15, 0.2) is 0 Å². The van der Waals surface area contributed by atoms with Crippen molar-refractivity contribution in [2.45, 2.75) is 25.9 Å². The molecule has 2 rings (SSSR count). The molecule has 18 heavy (non-hydrogen) atoms. The van der Waals surface area contributed by atoms with Gasteiger partial charge in [-0.3, -0.25) is 0 Å². The lowest BCUT2D eigenvalue weighted by molar-refractivity contribution is 0.0677. The number of para-hydroxylation sites is 1. The highest BCUT2D eigenvalue weighted by atomic mass is 16.5. The van der Waals surface area contributed by atoms with E-state index in [4.69, 9.17) is 4.74 Å². The first-order valence-electron chi connectivity index (χ1n) is 6.97. The van der Waals surface area contributed by atoms with Crippen LogP contribution in [0.15, 0.2) is 30.3 Å². The molecule has 0 aromatic heterocycles. The lowest BCUT2D eigenvalue weighted by atomic mass is 10.3. The minimum absolute atomic E-state index is 0.384. The Morgan fingerprint density at radius 2 is 2.17 bits per heavy atom. The van der Waals surface area contributed by atoms with Crippen LogP contribution < -0.4 is 5.32 Å². The first kappa shape index (κ1) is 13.4. The van der Waals surface area contributed by atoms with Gasteiger partial charge in [-0.2, -0.15) is 0 Å². The van der Waals surface area contributed by atoms with Crippen molar-refractivity contribution >= 4 is 5.69 Å². The molecule has 1 aromatic rings. The molecule has 1 unspecified atom stereocenters. The maximum absolute atomic E-state index is 5.65. The zero-order valence-corrected chi connectivity index (χ0v) is 11.3. The van der Waals surface area contributed by atoms with E-state index in [0.717, 1.165) is 32.7 Å². The summed E-state index contributed by atoms with van der Waals surface area (Å²) in [4.78, 5) is 2.52. The molecule has 0 saturated carbocycles. The number of nitrogens with one attached hydrogen (secondary N) is 1. The number of ether oxygens (including phenoxy) is 1. The molecule has 0 amide bonds. The van der Waals surface area contributed by atoms with E-state index in [-0.39, 0.29) is 0 Å². The van der Waals surface area contributed by atoms with Crippen molar-refractivity contribution in [2.75, 3.05) is 38.1 Å². The van der Waals surface area contributed by atoms with Gasteiger partial charge in [0.2, 0.25) is 0 Å². The van der Waals surface area contributed by atoms with Crippen molar-refractivity contribution < 1.29 is 4.74 Å². The summed E-state index contributed by atoms with van der Waals surface area (Å²) >= 11 is 0. The third kappa shape index (κ3) is 4.67. The molecule has 0 radical (unpaired) electrons. The fraction of sp³-hybridized carbons (Fsp3) is 0.600. The molecule has 1 heterocycles. The van der Waals surface area contributed by atoms with E-state index < -0.39 is 0 Å². The number of rotatable bonds is 5. The van der Waals surface area contributed by atoms with Gasteiger partial charge >= 0.3 is 0 Å². The van der Waals surface area contributed by atoms with Crippen LogP contribution in [0.4, 0.5) is 5.69 Å². The monoisotopic (exact) mass is 248 g/mol. The van der Waals surface area contributed by atoms with Gasteiger partial charge in [0.1, 0.15) is 0 Å². The number of hydrogen-bond donors (Lipinski definition) is 1. The third-order valence-corrected chi connectivity index (χ3v) is 3.29. The van der Waals surface area contributed by atoms with Crippen LogP contribution in [0.1, 0.15) is 19.8 Å². The fourth-order valence-electron chi connectivity index (χ4n) is 2.37. The summed E-state index contributed by atoms with van der Waals surface area (Å²) in [5.41, 5.74) is 1.21. The highest BCUT2D eigenvalue weighted by Crippen LogP contribution is 2.07. The number of hydrogen-bond acceptors (Lipinski definition) is 3. The maximum Gasteiger partial charge on any atom is 0.0673 e. The molecule has 1 N–H and O–H groups in total. The Bertz CT molecular complexity index is 329. The standard InChI is InChI=1S/C15H24N2O/c1-14-13-17(11-6-12-18-14)10-5-9-16-15-7-3-2-4-8-15/h2-4,7-8,14,16H,5-6,9-13H2,1H3. The van der Waals surface area contributed by atoms with Crippen LogP contribution in [0.25, 0.3) is 0 Å². The fourth-order valence-corrected chi connectivity index (χ4v) is 2.37. The lowest BCUT2D eigenvalue weighted by Crippen LogP contribution is -2.32. The summed E-state index contributed by atoms with van der Waals surface area (Å²) in [6, 6.07) is 10.4. The Balaban J connectivity index is 1.63. The van der Waals surface area contributed by atoms with E-state index in [1.807, 2.05) is 6.07 Å². The summed E-state index contributed by atoms with van der Waals surface area (Å²) in [7, 11) is 0. The predicted molar refractivity (Wildman–Crippen MR) is 76.0 cm³/mol. The summed E-state index contributed by atoms with van der Waals surface area (Å²) in [6.45, 7) is 7.53. The Kier molecular flexibility index (Phi) is 5.49. The van der Waals surface area contributed by atoms with Crippen molar-refractivity contribution in [1.82, 2.24) is 4.90 Å². The topological polar surface area (TPSA) is 24.5 Å². The summed E-state index contributed by atoms with van der Waals surface area (Å²) in [6.07, 6.45) is 2.73. The van der Waals surface area contributed by atoms with E-state index in [2.05, 4.69) is 41.4 Å². The van der Waals surface area contributed by atoms with E-state index in [9.17, 15) is 0 Å². The van der Waals surface area contributed by atoms with Gasteiger partial charge in [0.25, 0.3) is 0 Å². The Morgan fingerprint density at radius 3 is 3.00 bits per heavy atom. The van der Waals surface area contributed by atoms with Crippen molar-refractivity contribution in [3.05, 3.63) is 30.3 Å². The van der Waals surface area contributed by atoms with Crippen molar-refractivity contribution in [1.29, 1.82) is 0 Å². The molecule has 3 heteroatoms. The minimum Gasteiger partial charge on any atom is -0.385 e. The molecular formula is C15H24N2O. The molecular weight excluding hydrogens is 224 g/mol. The molecule has 1 aromatic carbocycles. The van der Waals surface area contributed by atoms with Crippen molar-refractivity contribution in [3.8, 4) is 0 Å². The average molecular weight is 248 g/mol. The van der Waals surface area contributed by atoms with Crippen LogP contribution in [-0.2, 0) is 4.74 Å². The Morgan fingerprint density at radius 1 is 1.33 bits per heavy atom. The second-order valence-corrected chi connectivity index (χ2v) is 4.98. The third-order valence-electron chi connectivity index (χ3n) is 3.29. The summed E-state index contributed by atoms with van der Waals surface area (Å²) in [5, 5.41) is 3.45. The van der Waals surface area contributed by atoms with Crippen LogP contribution >= 0.6 is 0 Å². The average Bonchev–Trinajstić information content (AvgIpc) is 2.60. The SMILES string of the molecule is CC1CN(CCCNc2ccccc2)CCCO1. The molecule has 1 saturated heterocycles. The minimum atomic E-state index is 0.384. The maximum atomic E-state index is 5.65. The van der Waals surface area contributed by atoms with Crippen molar-refractivity contribution in [2.24, 2.45) is 0 Å². The highest BCUT2D eigenvalue weighted by molar-refractivity contribution is 5.42. The van der Waals surface area contributed by atoms with Crippen LogP contribution in [0.5, 0.6) is 0 Å². The zero-order chi connectivity index (χ0) is 12.6. The molecule has 1 atom stereocenters. The molecule has 0 aliphatic carbocycles. The summed E-state index contributed by atoms with van der Waals surface area (Å²) < 4.78 is 5.65. The second kappa shape index (κ2) is 7.39. The van der Waals surface area contributed by atoms with Crippen LogP contribution in [-0.4, -0.2) is 43.8 Å². The van der Waals surface area contributed by atoms with Crippen LogP contribution in [0.3, 0.4) is 0 Å². The van der Waals surface area contributed by atoms with E-state index in [1.165, 1.54) is 18.7 Å². The summed E-state index contributed by atoms with van der Waals surface area (Å²) in [5.74, 6) is 0. The molecule has 0 spiro atoms. The van der Waals surface area contributed by atoms with E-state index in [0.29, 0.717) is 6.10 Å². The number of benzene rings is 1. The lowest BCUT2D eigenvalue weighted by Gasteiger charge is -2.21. The van der Waals surface area contributed by atoms with Crippen LogP contribution in [0, 0.1) is 0 Å². The first-order valence-corrected chi connectivity index (χ1v) is 6.97. The van der Waals surface area contributed by atoms with Gasteiger partial charge < -0.3 is 15.0 Å².